The van der Waals surface area contributed by atoms with Crippen LogP contribution in [-0.2, 0) is 9.63 Å². The van der Waals surface area contributed by atoms with Gasteiger partial charge in [0, 0.05) is 0 Å². The normalized spacial score (nSPS) is 33.4. The summed E-state index contributed by atoms with van der Waals surface area (Å²) in [6.07, 6.45) is 5.73. The lowest BCUT2D eigenvalue weighted by Crippen LogP contribution is -2.37. The minimum Gasteiger partial charge on any atom is -0.477 e. The molecule has 0 bridgehead atoms. The fourth-order valence-corrected chi connectivity index (χ4v) is 2.80. The maximum atomic E-state index is 10.8. The Bertz CT molecular complexity index is 346. The molecule has 4 heteroatoms. The van der Waals surface area contributed by atoms with E-state index in [1.807, 2.05) is 0 Å². The first kappa shape index (κ1) is 12.4. The topological polar surface area (TPSA) is 58.6 Å². The zero-order chi connectivity index (χ0) is 12.7. The van der Waals surface area contributed by atoms with Crippen molar-refractivity contribution in [1.82, 2.24) is 5.48 Å². The molecule has 1 heterocycles. The van der Waals surface area contributed by atoms with Gasteiger partial charge in [0.05, 0.1) is 0 Å². The van der Waals surface area contributed by atoms with E-state index in [9.17, 15) is 4.79 Å². The molecular weight excluding hydrogens is 218 g/mol. The fraction of sp³-hybridized carbons (Fsp3) is 0.769. The van der Waals surface area contributed by atoms with Gasteiger partial charge in [-0.3, -0.25) is 10.3 Å². The minimum atomic E-state index is -0.945. The van der Waals surface area contributed by atoms with Crippen molar-refractivity contribution < 1.29 is 14.7 Å². The molecule has 1 fully saturated rings. The standard InChI is InChI=1S/C13H21NO3/c1-12(2,3)9-4-6-13(7-5-9)8-10(11(15)16)14-17-13/h8-9,14H,4-7H2,1-3H3,(H,15,16). The van der Waals surface area contributed by atoms with E-state index < -0.39 is 5.97 Å². The van der Waals surface area contributed by atoms with Crippen LogP contribution in [0, 0.1) is 11.3 Å². The molecule has 0 amide bonds. The maximum absolute atomic E-state index is 10.8. The van der Waals surface area contributed by atoms with Gasteiger partial charge in [-0.15, -0.1) is 0 Å². The second-order valence-electron chi connectivity index (χ2n) is 6.27. The zero-order valence-corrected chi connectivity index (χ0v) is 10.7. The summed E-state index contributed by atoms with van der Waals surface area (Å²) in [6, 6.07) is 0. The lowest BCUT2D eigenvalue weighted by atomic mass is 9.68. The molecule has 2 aliphatic rings. The van der Waals surface area contributed by atoms with Crippen LogP contribution in [0.3, 0.4) is 0 Å². The van der Waals surface area contributed by atoms with Gasteiger partial charge in [-0.05, 0) is 43.1 Å². The summed E-state index contributed by atoms with van der Waals surface area (Å²) in [5.74, 6) is -0.251. The number of aliphatic carboxylic acids is 1. The average molecular weight is 239 g/mol. The summed E-state index contributed by atoms with van der Waals surface area (Å²) in [5.41, 5.74) is 2.66. The molecule has 1 spiro atoms. The lowest BCUT2D eigenvalue weighted by Gasteiger charge is -2.40. The molecule has 0 saturated heterocycles. The monoisotopic (exact) mass is 239 g/mol. The zero-order valence-electron chi connectivity index (χ0n) is 10.7. The quantitative estimate of drug-likeness (QED) is 0.738. The number of carboxylic acid groups (broad SMARTS) is 1. The average Bonchev–Trinajstić information content (AvgIpc) is 2.62. The van der Waals surface area contributed by atoms with Gasteiger partial charge in [-0.1, -0.05) is 20.8 Å². The Hall–Kier alpha value is -1.03. The molecule has 4 nitrogen and oxygen atoms in total. The second kappa shape index (κ2) is 4.02. The summed E-state index contributed by atoms with van der Waals surface area (Å²) >= 11 is 0. The summed E-state index contributed by atoms with van der Waals surface area (Å²) in [5, 5.41) is 8.90. The predicted octanol–water partition coefficient (Wildman–Crippen LogP) is 2.46. The molecule has 2 rings (SSSR count). The first-order chi connectivity index (χ1) is 7.82. The summed E-state index contributed by atoms with van der Waals surface area (Å²) in [6.45, 7) is 6.80. The molecule has 0 aromatic heterocycles. The fourth-order valence-electron chi connectivity index (χ4n) is 2.80. The number of hydrogen-bond donors (Lipinski definition) is 2. The van der Waals surface area contributed by atoms with Crippen LogP contribution < -0.4 is 5.48 Å². The van der Waals surface area contributed by atoms with Crippen LogP contribution in [0.15, 0.2) is 11.8 Å². The highest BCUT2D eigenvalue weighted by atomic mass is 16.7. The van der Waals surface area contributed by atoms with Gasteiger partial charge in [0.2, 0.25) is 0 Å². The number of hydrogen-bond acceptors (Lipinski definition) is 3. The summed E-state index contributed by atoms with van der Waals surface area (Å²) < 4.78 is 0. The van der Waals surface area contributed by atoms with E-state index in [0.29, 0.717) is 11.3 Å². The highest BCUT2D eigenvalue weighted by Gasteiger charge is 2.42. The van der Waals surface area contributed by atoms with Crippen molar-refractivity contribution in [2.24, 2.45) is 11.3 Å². The third-order valence-corrected chi connectivity index (χ3v) is 4.06. The van der Waals surface area contributed by atoms with Crippen LogP contribution in [0.4, 0.5) is 0 Å². The molecule has 96 valence electrons. The maximum Gasteiger partial charge on any atom is 0.354 e. The Morgan fingerprint density at radius 2 is 2.06 bits per heavy atom. The number of carboxylic acids is 1. The van der Waals surface area contributed by atoms with E-state index >= 15 is 0 Å². The Labute approximate surface area is 102 Å². The molecule has 2 N–H and O–H groups in total. The highest BCUT2D eigenvalue weighted by Crippen LogP contribution is 2.44. The molecule has 0 aromatic rings. The van der Waals surface area contributed by atoms with Crippen molar-refractivity contribution in [3.05, 3.63) is 11.8 Å². The molecule has 0 aromatic carbocycles. The van der Waals surface area contributed by atoms with Gasteiger partial charge in [-0.2, -0.15) is 0 Å². The van der Waals surface area contributed by atoms with E-state index in [1.165, 1.54) is 0 Å². The Kier molecular flexibility index (Phi) is 2.94. The van der Waals surface area contributed by atoms with Crippen molar-refractivity contribution in [2.45, 2.75) is 52.1 Å². The van der Waals surface area contributed by atoms with Crippen LogP contribution in [0.1, 0.15) is 46.5 Å². The van der Waals surface area contributed by atoms with Crippen molar-refractivity contribution in [1.29, 1.82) is 0 Å². The van der Waals surface area contributed by atoms with Crippen LogP contribution in [0.5, 0.6) is 0 Å². The van der Waals surface area contributed by atoms with Gasteiger partial charge in [0.15, 0.2) is 0 Å². The summed E-state index contributed by atoms with van der Waals surface area (Å²) in [7, 11) is 0. The largest absolute Gasteiger partial charge is 0.477 e. The van der Waals surface area contributed by atoms with Gasteiger partial charge in [0.25, 0.3) is 0 Å². The van der Waals surface area contributed by atoms with Crippen molar-refractivity contribution >= 4 is 5.97 Å². The molecule has 17 heavy (non-hydrogen) atoms. The summed E-state index contributed by atoms with van der Waals surface area (Å²) in [4.78, 5) is 16.3. The van der Waals surface area contributed by atoms with Gasteiger partial charge < -0.3 is 5.11 Å². The van der Waals surface area contributed by atoms with E-state index in [4.69, 9.17) is 9.94 Å². The highest BCUT2D eigenvalue weighted by molar-refractivity contribution is 5.86. The van der Waals surface area contributed by atoms with Gasteiger partial charge in [-0.25, -0.2) is 4.79 Å². The predicted molar refractivity (Wildman–Crippen MR) is 64.1 cm³/mol. The van der Waals surface area contributed by atoms with Crippen LogP contribution >= 0.6 is 0 Å². The Morgan fingerprint density at radius 1 is 1.47 bits per heavy atom. The van der Waals surface area contributed by atoms with Crippen LogP contribution in [0.2, 0.25) is 0 Å². The van der Waals surface area contributed by atoms with Crippen molar-refractivity contribution in [3.63, 3.8) is 0 Å². The molecule has 1 aliphatic heterocycles. The lowest BCUT2D eigenvalue weighted by molar-refractivity contribution is -0.135. The third-order valence-electron chi connectivity index (χ3n) is 4.06. The minimum absolute atomic E-state index is 0.180. The Balaban J connectivity index is 2.02. The van der Waals surface area contributed by atoms with Crippen molar-refractivity contribution in [3.8, 4) is 0 Å². The molecule has 0 atom stereocenters. The van der Waals surface area contributed by atoms with E-state index in [0.717, 1.165) is 25.7 Å². The molecule has 0 unspecified atom stereocenters. The van der Waals surface area contributed by atoms with Crippen LogP contribution in [0.25, 0.3) is 0 Å². The van der Waals surface area contributed by atoms with Crippen LogP contribution in [-0.4, -0.2) is 16.7 Å². The van der Waals surface area contributed by atoms with E-state index in [-0.39, 0.29) is 11.3 Å². The van der Waals surface area contributed by atoms with Crippen molar-refractivity contribution in [2.75, 3.05) is 0 Å². The molecular formula is C13H21NO3. The number of rotatable bonds is 1. The first-order valence-electron chi connectivity index (χ1n) is 6.23. The molecule has 0 radical (unpaired) electrons. The number of hydroxylamine groups is 1. The number of nitrogens with one attached hydrogen (secondary N) is 1. The third kappa shape index (κ3) is 2.46. The van der Waals surface area contributed by atoms with E-state index in [2.05, 4.69) is 26.3 Å². The first-order valence-corrected chi connectivity index (χ1v) is 6.23. The van der Waals surface area contributed by atoms with Gasteiger partial charge >= 0.3 is 5.97 Å². The molecule has 1 saturated carbocycles. The van der Waals surface area contributed by atoms with Gasteiger partial charge in [0.1, 0.15) is 11.3 Å². The Morgan fingerprint density at radius 3 is 2.47 bits per heavy atom. The van der Waals surface area contributed by atoms with E-state index in [1.54, 1.807) is 6.08 Å². The molecule has 1 aliphatic carbocycles. The second-order valence-corrected chi connectivity index (χ2v) is 6.27. The number of carbonyl (C=O) groups is 1. The SMILES string of the molecule is CC(C)(C)C1CCC2(C=C(C(=O)O)NO2)CC1. The smallest absolute Gasteiger partial charge is 0.354 e.